The van der Waals surface area contributed by atoms with E-state index in [9.17, 15) is 22.0 Å². The van der Waals surface area contributed by atoms with E-state index in [1.54, 1.807) is 0 Å². The topological polar surface area (TPSA) is 95.7 Å². The lowest BCUT2D eigenvalue weighted by Gasteiger charge is -2.34. The molecule has 10 heteroatoms. The number of amides is 1. The normalized spacial score (nSPS) is 26.2. The molecule has 0 radical (unpaired) electrons. The summed E-state index contributed by atoms with van der Waals surface area (Å²) in [5.41, 5.74) is 6.05. The molecule has 2 fully saturated rings. The summed E-state index contributed by atoms with van der Waals surface area (Å²) in [4.78, 5) is 15.1. The first kappa shape index (κ1) is 20.5. The summed E-state index contributed by atoms with van der Waals surface area (Å²) in [6, 6.07) is -0.246. The van der Waals surface area contributed by atoms with Gasteiger partial charge in [-0.3, -0.25) is 9.69 Å². The molecule has 0 unspecified atom stereocenters. The van der Waals surface area contributed by atoms with Crippen LogP contribution in [0.1, 0.15) is 32.1 Å². The van der Waals surface area contributed by atoms with E-state index in [-0.39, 0.29) is 37.4 Å². The maximum absolute atomic E-state index is 13.4. The number of hydrogen-bond donors (Lipinski definition) is 2. The van der Waals surface area contributed by atoms with Crippen LogP contribution in [0.5, 0.6) is 0 Å². The summed E-state index contributed by atoms with van der Waals surface area (Å²) in [7, 11) is -3.22. The number of nitrogens with one attached hydrogen (secondary N) is 1. The summed E-state index contributed by atoms with van der Waals surface area (Å²) in [5, 5.41) is 0. The van der Waals surface area contributed by atoms with Gasteiger partial charge < -0.3 is 10.6 Å². The second kappa shape index (κ2) is 8.24. The van der Waals surface area contributed by atoms with Gasteiger partial charge in [0.2, 0.25) is 15.9 Å². The van der Waals surface area contributed by atoms with Gasteiger partial charge in [-0.2, -0.15) is 0 Å². The third-order valence-electron chi connectivity index (χ3n) is 4.80. The zero-order valence-corrected chi connectivity index (χ0v) is 15.4. The van der Waals surface area contributed by atoms with Gasteiger partial charge in [-0.25, -0.2) is 21.9 Å². The number of nitrogens with zero attached hydrogens (tertiary/aromatic N) is 2. The number of rotatable bonds is 8. The number of carbonyl (C=O) groups is 1. The van der Waals surface area contributed by atoms with E-state index in [1.807, 2.05) is 0 Å². The molecule has 2 heterocycles. The van der Waals surface area contributed by atoms with Crippen molar-refractivity contribution in [2.24, 2.45) is 5.73 Å². The fourth-order valence-corrected chi connectivity index (χ4v) is 3.93. The molecule has 0 aromatic rings. The average Bonchev–Trinajstić information content (AvgIpc) is 2.93. The molecule has 0 bridgehead atoms. The highest BCUT2D eigenvalue weighted by Gasteiger charge is 2.39. The summed E-state index contributed by atoms with van der Waals surface area (Å²) in [6.45, 7) is 1.48. The van der Waals surface area contributed by atoms with Gasteiger partial charge in [-0.1, -0.05) is 0 Å². The quantitative estimate of drug-likeness (QED) is 0.615. The minimum atomic E-state index is -3.22. The largest absolute Gasteiger partial charge is 0.335 e. The van der Waals surface area contributed by atoms with Crippen LogP contribution in [0.2, 0.25) is 0 Å². The van der Waals surface area contributed by atoms with Crippen molar-refractivity contribution in [1.82, 2.24) is 14.5 Å². The van der Waals surface area contributed by atoms with Crippen LogP contribution in [0.25, 0.3) is 0 Å². The van der Waals surface area contributed by atoms with Gasteiger partial charge in [-0.15, -0.1) is 0 Å². The number of piperidine rings is 1. The lowest BCUT2D eigenvalue weighted by molar-refractivity contribution is -0.147. The Morgan fingerprint density at radius 2 is 2.16 bits per heavy atom. The van der Waals surface area contributed by atoms with Gasteiger partial charge in [0.05, 0.1) is 12.8 Å². The summed E-state index contributed by atoms with van der Waals surface area (Å²) < 4.78 is 51.8. The van der Waals surface area contributed by atoms with Crippen molar-refractivity contribution in [3.05, 3.63) is 0 Å². The van der Waals surface area contributed by atoms with Gasteiger partial charge in [0.25, 0.3) is 5.92 Å². The molecule has 2 saturated heterocycles. The van der Waals surface area contributed by atoms with E-state index in [4.69, 9.17) is 5.73 Å². The lowest BCUT2D eigenvalue weighted by atomic mass is 10.1. The van der Waals surface area contributed by atoms with Gasteiger partial charge in [0.1, 0.15) is 0 Å². The van der Waals surface area contributed by atoms with Crippen molar-refractivity contribution in [3.8, 4) is 0 Å². The van der Waals surface area contributed by atoms with Crippen LogP contribution < -0.4 is 10.5 Å². The summed E-state index contributed by atoms with van der Waals surface area (Å²) >= 11 is 0. The first-order valence-corrected chi connectivity index (χ1v) is 10.5. The molecule has 1 amide bonds. The average molecular weight is 382 g/mol. The molecule has 0 saturated carbocycles. The Bertz CT molecular complexity index is 573. The molecule has 0 spiro atoms. The molecule has 2 aliphatic rings. The number of nitrogens with two attached hydrogens (primary N) is 1. The third-order valence-corrected chi connectivity index (χ3v) is 5.49. The fourth-order valence-electron chi connectivity index (χ4n) is 3.44. The maximum atomic E-state index is 13.4. The molecule has 0 aromatic carbocycles. The zero-order chi connectivity index (χ0) is 18.7. The van der Waals surface area contributed by atoms with Crippen molar-refractivity contribution in [2.75, 3.05) is 39.0 Å². The molecule has 25 heavy (non-hydrogen) atoms. The smallest absolute Gasteiger partial charge is 0.265 e. The Morgan fingerprint density at radius 1 is 1.44 bits per heavy atom. The minimum absolute atomic E-state index is 0.128. The molecule has 7 nitrogen and oxygen atoms in total. The molecule has 2 atom stereocenters. The van der Waals surface area contributed by atoms with Crippen LogP contribution in [0.3, 0.4) is 0 Å². The first-order valence-electron chi connectivity index (χ1n) is 8.66. The monoisotopic (exact) mass is 382 g/mol. The molecule has 2 rings (SSSR count). The summed E-state index contributed by atoms with van der Waals surface area (Å²) in [6.07, 6.45) is 3.08. The second-order valence-corrected chi connectivity index (χ2v) is 8.96. The van der Waals surface area contributed by atoms with Gasteiger partial charge in [0.15, 0.2) is 0 Å². The number of hydrogen-bond acceptors (Lipinski definition) is 5. The van der Waals surface area contributed by atoms with Gasteiger partial charge >= 0.3 is 0 Å². The Balaban J connectivity index is 1.77. The maximum Gasteiger partial charge on any atom is 0.265 e. The van der Waals surface area contributed by atoms with Crippen LogP contribution in [0, 0.1) is 0 Å². The molecular weight excluding hydrogens is 354 g/mol. The van der Waals surface area contributed by atoms with E-state index in [0.29, 0.717) is 19.5 Å². The lowest BCUT2D eigenvalue weighted by Crippen LogP contribution is -2.51. The van der Waals surface area contributed by atoms with E-state index in [2.05, 4.69) is 9.62 Å². The highest BCUT2D eigenvalue weighted by molar-refractivity contribution is 7.88. The van der Waals surface area contributed by atoms with E-state index < -0.39 is 22.5 Å². The molecule has 3 N–H and O–H groups in total. The zero-order valence-electron chi connectivity index (χ0n) is 14.6. The van der Waals surface area contributed by atoms with Crippen LogP contribution in [-0.4, -0.2) is 81.1 Å². The molecule has 0 aliphatic carbocycles. The predicted octanol–water partition coefficient (Wildman–Crippen LogP) is -0.0249. The van der Waals surface area contributed by atoms with E-state index in [1.165, 1.54) is 4.90 Å². The van der Waals surface area contributed by atoms with Crippen molar-refractivity contribution in [2.45, 2.75) is 50.1 Å². The highest BCUT2D eigenvalue weighted by atomic mass is 32.2. The van der Waals surface area contributed by atoms with Crippen LogP contribution >= 0.6 is 0 Å². The van der Waals surface area contributed by atoms with Gasteiger partial charge in [-0.05, 0) is 25.8 Å². The number of alkyl halides is 2. The second-order valence-electron chi connectivity index (χ2n) is 7.13. The van der Waals surface area contributed by atoms with Crippen LogP contribution in [-0.2, 0) is 14.8 Å². The molecule has 0 aromatic heterocycles. The number of halogens is 2. The highest BCUT2D eigenvalue weighted by Crippen LogP contribution is 2.27. The number of likely N-dealkylation sites (tertiary alicyclic amines) is 2. The Labute approximate surface area is 147 Å². The SMILES string of the molecule is CS(=O)(=O)NC[C@@H]1CCCN1CC[C@H](N)CN1CC(F)(F)CCC1=O. The van der Waals surface area contributed by atoms with Crippen molar-refractivity contribution >= 4 is 15.9 Å². The van der Waals surface area contributed by atoms with Crippen molar-refractivity contribution in [3.63, 3.8) is 0 Å². The van der Waals surface area contributed by atoms with Gasteiger partial charge in [0, 0.05) is 44.6 Å². The number of carbonyl (C=O) groups excluding carboxylic acids is 1. The van der Waals surface area contributed by atoms with Crippen molar-refractivity contribution in [1.29, 1.82) is 0 Å². The Morgan fingerprint density at radius 3 is 2.84 bits per heavy atom. The third kappa shape index (κ3) is 6.76. The van der Waals surface area contributed by atoms with E-state index >= 15 is 0 Å². The van der Waals surface area contributed by atoms with Crippen LogP contribution in [0.4, 0.5) is 8.78 Å². The van der Waals surface area contributed by atoms with Crippen molar-refractivity contribution < 1.29 is 22.0 Å². The molecular formula is C15H28F2N4O3S. The van der Waals surface area contributed by atoms with Crippen LogP contribution in [0.15, 0.2) is 0 Å². The summed E-state index contributed by atoms with van der Waals surface area (Å²) in [5.74, 6) is -3.09. The first-order chi connectivity index (χ1) is 11.6. The number of sulfonamides is 1. The minimum Gasteiger partial charge on any atom is -0.335 e. The Kier molecular flexibility index (Phi) is 6.74. The fraction of sp³-hybridized carbons (Fsp3) is 0.933. The molecule has 2 aliphatic heterocycles. The standard InChI is InChI=1S/C15H28F2N4O3S/c1-25(23,24)19-9-13-3-2-7-20(13)8-5-12(18)10-21-11-15(16,17)6-4-14(21)22/h12-13,19H,2-11,18H2,1H3/t12-,13-/m0/s1. The Hall–Kier alpha value is -0.840. The van der Waals surface area contributed by atoms with E-state index in [0.717, 1.165) is 25.6 Å². The molecule has 146 valence electrons. The predicted molar refractivity (Wildman–Crippen MR) is 90.8 cm³/mol.